The number of hydrogen-bond acceptors (Lipinski definition) is 2. The van der Waals surface area contributed by atoms with E-state index in [2.05, 4.69) is 43.3 Å². The molecule has 2 rings (SSSR count). The van der Waals surface area contributed by atoms with E-state index in [1.54, 1.807) is 0 Å². The Kier molecular flexibility index (Phi) is 5.60. The topological polar surface area (TPSA) is 26.0 Å². The van der Waals surface area contributed by atoms with Crippen molar-refractivity contribution in [3.8, 4) is 11.3 Å². The molecule has 20 heavy (non-hydrogen) atoms. The van der Waals surface area contributed by atoms with Crippen LogP contribution in [-0.2, 0) is 6.42 Å². The fraction of sp³-hybridized carbons (Fsp3) is 0.389. The lowest BCUT2D eigenvalue weighted by Crippen LogP contribution is -1.89. The number of nitrogens with zero attached hydrogens (tertiary/aromatic N) is 1. The number of benzene rings is 1. The number of aromatic nitrogens is 1. The highest BCUT2D eigenvalue weighted by molar-refractivity contribution is 5.58. The third-order valence-electron chi connectivity index (χ3n) is 3.32. The molecule has 1 aromatic heterocycles. The van der Waals surface area contributed by atoms with Crippen molar-refractivity contribution in [1.29, 1.82) is 0 Å². The summed E-state index contributed by atoms with van der Waals surface area (Å²) < 4.78 is 5.49. The smallest absolute Gasteiger partial charge is 0.141 e. The Labute approximate surface area is 121 Å². The van der Waals surface area contributed by atoms with Crippen molar-refractivity contribution in [2.45, 2.75) is 46.0 Å². The van der Waals surface area contributed by atoms with Gasteiger partial charge in [-0.25, -0.2) is 0 Å². The van der Waals surface area contributed by atoms with Crippen LogP contribution in [0.3, 0.4) is 0 Å². The van der Waals surface area contributed by atoms with Gasteiger partial charge in [-0.3, -0.25) is 0 Å². The van der Waals surface area contributed by atoms with Gasteiger partial charge >= 0.3 is 0 Å². The molecular weight excluding hydrogens is 246 g/mol. The van der Waals surface area contributed by atoms with Crippen molar-refractivity contribution in [2.75, 3.05) is 0 Å². The van der Waals surface area contributed by atoms with Crippen LogP contribution >= 0.6 is 0 Å². The summed E-state index contributed by atoms with van der Waals surface area (Å²) in [6.45, 7) is 4.43. The summed E-state index contributed by atoms with van der Waals surface area (Å²) in [5, 5.41) is 4.18. The molecule has 0 saturated carbocycles. The van der Waals surface area contributed by atoms with Crippen LogP contribution in [0.25, 0.3) is 11.3 Å². The fourth-order valence-corrected chi connectivity index (χ4v) is 2.30. The third kappa shape index (κ3) is 4.09. The van der Waals surface area contributed by atoms with E-state index in [0.29, 0.717) is 0 Å². The molecule has 2 heteroatoms. The van der Waals surface area contributed by atoms with Crippen LogP contribution in [0.5, 0.6) is 0 Å². The lowest BCUT2D eigenvalue weighted by molar-refractivity contribution is 0.390. The average molecular weight is 269 g/mol. The molecule has 0 spiro atoms. The molecule has 0 aliphatic carbocycles. The Morgan fingerprint density at radius 1 is 1.15 bits per heavy atom. The predicted octanol–water partition coefficient (Wildman–Crippen LogP) is 5.41. The van der Waals surface area contributed by atoms with E-state index in [0.717, 1.165) is 36.3 Å². The first kappa shape index (κ1) is 14.6. The van der Waals surface area contributed by atoms with Crippen molar-refractivity contribution in [1.82, 2.24) is 5.16 Å². The molecule has 106 valence electrons. The minimum absolute atomic E-state index is 0.883. The molecule has 0 saturated heterocycles. The van der Waals surface area contributed by atoms with Crippen LogP contribution in [0.1, 0.15) is 45.3 Å². The number of hydrogen-bond donors (Lipinski definition) is 0. The van der Waals surface area contributed by atoms with Crippen LogP contribution < -0.4 is 0 Å². The zero-order chi connectivity index (χ0) is 14.2. The molecule has 0 aliphatic rings. The van der Waals surface area contributed by atoms with E-state index >= 15 is 0 Å². The lowest BCUT2D eigenvalue weighted by atomic mass is 10.0. The second-order valence-electron chi connectivity index (χ2n) is 5.12. The number of unbranched alkanes of at least 4 members (excludes halogenated alkanes) is 1. The minimum atomic E-state index is 0.883. The molecule has 0 unspecified atom stereocenters. The van der Waals surface area contributed by atoms with E-state index in [4.69, 9.17) is 4.52 Å². The molecule has 2 aromatic rings. The molecular formula is C18H23NO. The zero-order valence-corrected chi connectivity index (χ0v) is 12.4. The van der Waals surface area contributed by atoms with Gasteiger partial charge in [0.05, 0.1) is 0 Å². The van der Waals surface area contributed by atoms with Gasteiger partial charge < -0.3 is 4.52 Å². The lowest BCUT2D eigenvalue weighted by Gasteiger charge is -2.03. The van der Waals surface area contributed by atoms with Crippen molar-refractivity contribution in [3.63, 3.8) is 0 Å². The van der Waals surface area contributed by atoms with Crippen molar-refractivity contribution >= 4 is 0 Å². The van der Waals surface area contributed by atoms with Gasteiger partial charge in [-0.2, -0.15) is 0 Å². The summed E-state index contributed by atoms with van der Waals surface area (Å²) in [6.07, 6.45) is 7.90. The van der Waals surface area contributed by atoms with Gasteiger partial charge in [-0.05, 0) is 12.8 Å². The summed E-state index contributed by atoms with van der Waals surface area (Å²) in [7, 11) is 0. The summed E-state index contributed by atoms with van der Waals surface area (Å²) in [5.74, 6) is 0.958. The van der Waals surface area contributed by atoms with Gasteiger partial charge in [0, 0.05) is 18.1 Å². The van der Waals surface area contributed by atoms with E-state index < -0.39 is 0 Å². The van der Waals surface area contributed by atoms with E-state index in [9.17, 15) is 0 Å². The van der Waals surface area contributed by atoms with Crippen LogP contribution in [0.15, 0.2) is 52.6 Å². The third-order valence-corrected chi connectivity index (χ3v) is 3.32. The maximum atomic E-state index is 5.49. The second kappa shape index (κ2) is 7.68. The van der Waals surface area contributed by atoms with Crippen molar-refractivity contribution in [2.24, 2.45) is 0 Å². The van der Waals surface area contributed by atoms with Crippen LogP contribution in [-0.4, -0.2) is 5.16 Å². The maximum Gasteiger partial charge on any atom is 0.141 e. The fourth-order valence-electron chi connectivity index (χ4n) is 2.30. The molecule has 1 heterocycles. The van der Waals surface area contributed by atoms with Crippen molar-refractivity contribution in [3.05, 3.63) is 53.8 Å². The normalized spacial score (nSPS) is 11.8. The van der Waals surface area contributed by atoms with Crippen LogP contribution in [0, 0.1) is 0 Å². The molecule has 0 bridgehead atoms. The summed E-state index contributed by atoms with van der Waals surface area (Å²) in [6, 6.07) is 12.2. The molecule has 0 N–H and O–H groups in total. The standard InChI is InChI=1S/C18H23NO/c1-3-5-10-15(9-4-2)13-17-14-18(19-20-17)16-11-7-6-8-12-16/h6-8,10-12,14H,3-5,9,13H2,1-2H3. The summed E-state index contributed by atoms with van der Waals surface area (Å²) in [4.78, 5) is 0. The van der Waals surface area contributed by atoms with E-state index in [-0.39, 0.29) is 0 Å². The van der Waals surface area contributed by atoms with Crippen molar-refractivity contribution < 1.29 is 4.52 Å². The molecule has 1 aromatic carbocycles. The van der Waals surface area contributed by atoms with Gasteiger partial charge in [-0.15, -0.1) is 0 Å². The van der Waals surface area contributed by atoms with Gasteiger partial charge in [0.2, 0.25) is 0 Å². The largest absolute Gasteiger partial charge is 0.360 e. The highest BCUT2D eigenvalue weighted by Crippen LogP contribution is 2.21. The van der Waals surface area contributed by atoms with Crippen LogP contribution in [0.2, 0.25) is 0 Å². The second-order valence-corrected chi connectivity index (χ2v) is 5.12. The Balaban J connectivity index is 2.08. The minimum Gasteiger partial charge on any atom is -0.360 e. The van der Waals surface area contributed by atoms with Gasteiger partial charge in [0.15, 0.2) is 0 Å². The first-order chi connectivity index (χ1) is 9.83. The predicted molar refractivity (Wildman–Crippen MR) is 83.5 cm³/mol. The van der Waals surface area contributed by atoms with Gasteiger partial charge in [-0.1, -0.05) is 73.8 Å². The highest BCUT2D eigenvalue weighted by Gasteiger charge is 2.08. The number of rotatable bonds is 7. The summed E-state index contributed by atoms with van der Waals surface area (Å²) in [5.41, 5.74) is 3.49. The zero-order valence-electron chi connectivity index (χ0n) is 12.4. The van der Waals surface area contributed by atoms with Gasteiger partial charge in [0.25, 0.3) is 0 Å². The molecule has 0 atom stereocenters. The van der Waals surface area contributed by atoms with Crippen LogP contribution in [0.4, 0.5) is 0 Å². The first-order valence-electron chi connectivity index (χ1n) is 7.52. The highest BCUT2D eigenvalue weighted by atomic mass is 16.5. The quantitative estimate of drug-likeness (QED) is 0.628. The van der Waals surface area contributed by atoms with E-state index in [1.165, 1.54) is 18.4 Å². The Hall–Kier alpha value is -1.83. The first-order valence-corrected chi connectivity index (χ1v) is 7.52. The Morgan fingerprint density at radius 2 is 1.95 bits per heavy atom. The molecule has 2 nitrogen and oxygen atoms in total. The SMILES string of the molecule is CCCC=C(CCC)Cc1cc(-c2ccccc2)no1. The molecule has 0 amide bonds. The molecule has 0 radical (unpaired) electrons. The number of allylic oxidation sites excluding steroid dienone is 2. The monoisotopic (exact) mass is 269 g/mol. The maximum absolute atomic E-state index is 5.49. The van der Waals surface area contributed by atoms with E-state index in [1.807, 2.05) is 18.2 Å². The Bertz CT molecular complexity index is 540. The molecule has 0 aliphatic heterocycles. The molecule has 0 fully saturated rings. The average Bonchev–Trinajstić information content (AvgIpc) is 2.94. The van der Waals surface area contributed by atoms with Gasteiger partial charge in [0.1, 0.15) is 11.5 Å². The summed E-state index contributed by atoms with van der Waals surface area (Å²) >= 11 is 0. The Morgan fingerprint density at radius 3 is 2.65 bits per heavy atom.